The Balaban J connectivity index is 1.65. The van der Waals surface area contributed by atoms with Crippen molar-refractivity contribution in [3.63, 3.8) is 0 Å². The summed E-state index contributed by atoms with van der Waals surface area (Å²) in [4.78, 5) is 14.2. The van der Waals surface area contributed by atoms with E-state index in [0.717, 1.165) is 18.6 Å². The zero-order valence-electron chi connectivity index (χ0n) is 11.3. The molecule has 0 spiro atoms. The van der Waals surface area contributed by atoms with Crippen LogP contribution in [-0.2, 0) is 6.54 Å². The van der Waals surface area contributed by atoms with E-state index in [-0.39, 0.29) is 12.1 Å². The van der Waals surface area contributed by atoms with Gasteiger partial charge in [0, 0.05) is 12.1 Å². The summed E-state index contributed by atoms with van der Waals surface area (Å²) in [6.07, 6.45) is 5.21. The van der Waals surface area contributed by atoms with Gasteiger partial charge in [-0.3, -0.25) is 0 Å². The number of rotatable bonds is 5. The third-order valence-electron chi connectivity index (χ3n) is 3.46. The maximum absolute atomic E-state index is 12.4. The maximum atomic E-state index is 12.4. The highest BCUT2D eigenvalue weighted by Crippen LogP contribution is 2.34. The molecule has 3 rings (SSSR count). The zero-order valence-corrected chi connectivity index (χ0v) is 11.3. The number of carbonyl (C=O) groups excluding carboxylic acids is 1. The van der Waals surface area contributed by atoms with E-state index in [0.29, 0.717) is 18.3 Å². The first-order valence-electron chi connectivity index (χ1n) is 6.74. The van der Waals surface area contributed by atoms with Crippen LogP contribution in [0.15, 0.2) is 39.7 Å². The topological polar surface area (TPSA) is 71.5 Å². The van der Waals surface area contributed by atoms with E-state index in [1.165, 1.54) is 6.26 Å². The molecular formula is C14H17N3O3. The second-order valence-corrected chi connectivity index (χ2v) is 4.98. The van der Waals surface area contributed by atoms with Crippen LogP contribution < -0.4 is 5.32 Å². The summed E-state index contributed by atoms with van der Waals surface area (Å²) in [5.41, 5.74) is 0.708. The van der Waals surface area contributed by atoms with Gasteiger partial charge in [0.25, 0.3) is 0 Å². The monoisotopic (exact) mass is 275 g/mol. The van der Waals surface area contributed by atoms with Gasteiger partial charge in [-0.1, -0.05) is 5.16 Å². The van der Waals surface area contributed by atoms with Gasteiger partial charge in [0.1, 0.15) is 17.7 Å². The highest BCUT2D eigenvalue weighted by molar-refractivity contribution is 5.75. The fourth-order valence-corrected chi connectivity index (χ4v) is 2.26. The Hall–Kier alpha value is -2.24. The van der Waals surface area contributed by atoms with Crippen LogP contribution in [0.2, 0.25) is 0 Å². The lowest BCUT2D eigenvalue weighted by molar-refractivity contribution is 0.165. The van der Waals surface area contributed by atoms with Gasteiger partial charge < -0.3 is 19.2 Å². The predicted octanol–water partition coefficient (Wildman–Crippen LogP) is 2.70. The van der Waals surface area contributed by atoms with E-state index in [1.54, 1.807) is 12.3 Å². The van der Waals surface area contributed by atoms with Crippen LogP contribution >= 0.6 is 0 Å². The molecule has 1 atom stereocenters. The number of urea groups is 1. The van der Waals surface area contributed by atoms with Crippen molar-refractivity contribution in [1.29, 1.82) is 0 Å². The Bertz CT molecular complexity index is 546. The number of carbonyl (C=O) groups is 1. The molecule has 1 N–H and O–H groups in total. The molecule has 2 aromatic heterocycles. The molecule has 1 aliphatic carbocycles. The zero-order chi connectivity index (χ0) is 13.9. The minimum Gasteiger partial charge on any atom is -0.467 e. The van der Waals surface area contributed by atoms with Crippen LogP contribution in [0.1, 0.15) is 37.3 Å². The Kier molecular flexibility index (Phi) is 3.45. The number of amides is 2. The van der Waals surface area contributed by atoms with Crippen molar-refractivity contribution in [3.05, 3.63) is 42.2 Å². The van der Waals surface area contributed by atoms with Crippen LogP contribution in [0.4, 0.5) is 4.79 Å². The molecule has 2 amide bonds. The quantitative estimate of drug-likeness (QED) is 0.910. The van der Waals surface area contributed by atoms with Crippen LogP contribution in [0.25, 0.3) is 0 Å². The van der Waals surface area contributed by atoms with Crippen LogP contribution in [-0.4, -0.2) is 22.1 Å². The van der Waals surface area contributed by atoms with Crippen LogP contribution in [0.5, 0.6) is 0 Å². The van der Waals surface area contributed by atoms with E-state index >= 15 is 0 Å². The van der Waals surface area contributed by atoms with Crippen molar-refractivity contribution in [3.8, 4) is 0 Å². The highest BCUT2D eigenvalue weighted by Gasteiger charge is 2.37. The predicted molar refractivity (Wildman–Crippen MR) is 70.7 cm³/mol. The number of hydrogen-bond donors (Lipinski definition) is 1. The Morgan fingerprint density at radius 3 is 2.95 bits per heavy atom. The average molecular weight is 275 g/mol. The Labute approximate surface area is 116 Å². The van der Waals surface area contributed by atoms with Crippen molar-refractivity contribution in [2.75, 3.05) is 0 Å². The van der Waals surface area contributed by atoms with Gasteiger partial charge in [-0.2, -0.15) is 0 Å². The van der Waals surface area contributed by atoms with E-state index in [9.17, 15) is 4.79 Å². The third-order valence-corrected chi connectivity index (χ3v) is 3.46. The number of furan rings is 1. The lowest BCUT2D eigenvalue weighted by Gasteiger charge is -2.28. The first-order chi connectivity index (χ1) is 9.75. The molecule has 6 heteroatoms. The van der Waals surface area contributed by atoms with Gasteiger partial charge in [-0.05, 0) is 31.9 Å². The molecule has 0 saturated heterocycles. The molecule has 1 aliphatic rings. The highest BCUT2D eigenvalue weighted by atomic mass is 16.5. The molecule has 0 aromatic carbocycles. The molecule has 6 nitrogen and oxygen atoms in total. The van der Waals surface area contributed by atoms with Crippen molar-refractivity contribution in [2.24, 2.45) is 0 Å². The second kappa shape index (κ2) is 5.40. The van der Waals surface area contributed by atoms with E-state index in [4.69, 9.17) is 8.94 Å². The summed E-state index contributed by atoms with van der Waals surface area (Å²) in [6, 6.07) is 5.59. The lowest BCUT2D eigenvalue weighted by atomic mass is 10.2. The smallest absolute Gasteiger partial charge is 0.318 e. The van der Waals surface area contributed by atoms with Crippen LogP contribution in [0.3, 0.4) is 0 Å². The molecule has 106 valence electrons. The van der Waals surface area contributed by atoms with E-state index in [1.807, 2.05) is 24.0 Å². The first-order valence-corrected chi connectivity index (χ1v) is 6.74. The first kappa shape index (κ1) is 12.8. The van der Waals surface area contributed by atoms with Crippen molar-refractivity contribution >= 4 is 6.03 Å². The summed E-state index contributed by atoms with van der Waals surface area (Å²) in [6.45, 7) is 2.34. The van der Waals surface area contributed by atoms with Crippen LogP contribution in [0, 0.1) is 0 Å². The molecule has 0 aliphatic heterocycles. The third kappa shape index (κ3) is 2.68. The molecule has 0 unspecified atom stereocenters. The average Bonchev–Trinajstić information content (AvgIpc) is 2.98. The molecule has 0 radical (unpaired) electrons. The number of hydrogen-bond acceptors (Lipinski definition) is 4. The molecule has 20 heavy (non-hydrogen) atoms. The molecule has 2 aromatic rings. The summed E-state index contributed by atoms with van der Waals surface area (Å²) in [5.74, 6) is 0.800. The van der Waals surface area contributed by atoms with Gasteiger partial charge in [0.05, 0.1) is 18.8 Å². The summed E-state index contributed by atoms with van der Waals surface area (Å²) >= 11 is 0. The van der Waals surface area contributed by atoms with Gasteiger partial charge in [0.15, 0.2) is 0 Å². The lowest BCUT2D eigenvalue weighted by Crippen LogP contribution is -2.42. The Morgan fingerprint density at radius 2 is 2.35 bits per heavy atom. The minimum absolute atomic E-state index is 0.0743. The van der Waals surface area contributed by atoms with Crippen molar-refractivity contribution in [1.82, 2.24) is 15.4 Å². The number of aromatic nitrogens is 1. The van der Waals surface area contributed by atoms with E-state index < -0.39 is 0 Å². The number of nitrogens with zero attached hydrogens (tertiary/aromatic N) is 2. The van der Waals surface area contributed by atoms with Gasteiger partial charge in [-0.15, -0.1) is 0 Å². The number of nitrogens with one attached hydrogen (secondary N) is 1. The SMILES string of the molecule is C[C@H](c1ccco1)N(C(=O)NCc1ccon1)C1CC1. The van der Waals surface area contributed by atoms with Gasteiger partial charge >= 0.3 is 6.03 Å². The standard InChI is InChI=1S/C14H17N3O3/c1-10(13-3-2-7-19-13)17(12-4-5-12)14(18)15-9-11-6-8-20-16-11/h2-3,6-8,10,12H,4-5,9H2,1H3,(H,15,18)/t10-/m1/s1. The molecule has 2 heterocycles. The summed E-state index contributed by atoms with van der Waals surface area (Å²) in [7, 11) is 0. The summed E-state index contributed by atoms with van der Waals surface area (Å²) < 4.78 is 10.1. The summed E-state index contributed by atoms with van der Waals surface area (Å²) in [5, 5.41) is 6.65. The van der Waals surface area contributed by atoms with Gasteiger partial charge in [-0.25, -0.2) is 4.79 Å². The molecule has 0 bridgehead atoms. The molecule has 1 saturated carbocycles. The fraction of sp³-hybridized carbons (Fsp3) is 0.429. The molecular weight excluding hydrogens is 258 g/mol. The molecule has 1 fully saturated rings. The minimum atomic E-state index is -0.0978. The largest absolute Gasteiger partial charge is 0.467 e. The second-order valence-electron chi connectivity index (χ2n) is 4.98. The van der Waals surface area contributed by atoms with E-state index in [2.05, 4.69) is 10.5 Å². The fourth-order valence-electron chi connectivity index (χ4n) is 2.26. The van der Waals surface area contributed by atoms with Gasteiger partial charge in [0.2, 0.25) is 0 Å². The normalized spacial score (nSPS) is 15.8. The maximum Gasteiger partial charge on any atom is 0.318 e. The van der Waals surface area contributed by atoms with Crippen molar-refractivity contribution < 1.29 is 13.7 Å². The van der Waals surface area contributed by atoms with Crippen molar-refractivity contribution in [2.45, 2.75) is 38.4 Å². The Morgan fingerprint density at radius 1 is 1.50 bits per heavy atom.